The Bertz CT molecular complexity index is 1410. The molecule has 0 atom stereocenters. The molecular formula is C25H17Cl2NO8S. The molecule has 37 heavy (non-hydrogen) atoms. The lowest BCUT2D eigenvalue weighted by Gasteiger charge is -2.12. The number of carboxylic acid groups (broad SMARTS) is 1. The predicted molar refractivity (Wildman–Crippen MR) is 136 cm³/mol. The van der Waals surface area contributed by atoms with Crippen molar-refractivity contribution >= 4 is 64.1 Å². The quantitative estimate of drug-likeness (QED) is 0.265. The van der Waals surface area contributed by atoms with Crippen LogP contribution in [0, 0.1) is 0 Å². The van der Waals surface area contributed by atoms with Gasteiger partial charge in [0.2, 0.25) is 5.76 Å². The molecule has 1 aliphatic heterocycles. The highest BCUT2D eigenvalue weighted by molar-refractivity contribution is 8.18. The van der Waals surface area contributed by atoms with Gasteiger partial charge in [-0.2, -0.15) is 0 Å². The van der Waals surface area contributed by atoms with Crippen LogP contribution in [0.5, 0.6) is 5.75 Å². The third-order valence-electron chi connectivity index (χ3n) is 5.14. The van der Waals surface area contributed by atoms with Crippen LogP contribution in [-0.4, -0.2) is 40.2 Å². The SMILES string of the molecule is COC(=O)c1ccc(CN2C(=O)S/C(=C/c3cc(Cl)c(OCc4ccc(C(=O)O)cc4)c(Cl)c3)C2=O)o1. The van der Waals surface area contributed by atoms with Gasteiger partial charge in [-0.25, -0.2) is 9.59 Å². The summed E-state index contributed by atoms with van der Waals surface area (Å²) in [6.07, 6.45) is 1.49. The molecular weight excluding hydrogens is 545 g/mol. The summed E-state index contributed by atoms with van der Waals surface area (Å²) in [6.45, 7) is -0.0528. The minimum Gasteiger partial charge on any atom is -0.486 e. The maximum atomic E-state index is 12.8. The fourth-order valence-corrected chi connectivity index (χ4v) is 4.77. The first-order valence-electron chi connectivity index (χ1n) is 10.5. The molecule has 0 bridgehead atoms. The molecule has 0 saturated carbocycles. The van der Waals surface area contributed by atoms with Gasteiger partial charge in [0.1, 0.15) is 12.4 Å². The molecule has 12 heteroatoms. The van der Waals surface area contributed by atoms with E-state index in [1.807, 2.05) is 0 Å². The minimum atomic E-state index is -1.03. The fourth-order valence-electron chi connectivity index (χ4n) is 3.32. The molecule has 0 unspecified atom stereocenters. The van der Waals surface area contributed by atoms with Crippen molar-refractivity contribution in [2.75, 3.05) is 7.11 Å². The van der Waals surface area contributed by atoms with Crippen LogP contribution in [0.1, 0.15) is 37.8 Å². The largest absolute Gasteiger partial charge is 0.486 e. The summed E-state index contributed by atoms with van der Waals surface area (Å²) >= 11 is 13.5. The van der Waals surface area contributed by atoms with Crippen LogP contribution in [0.4, 0.5) is 4.79 Å². The highest BCUT2D eigenvalue weighted by Gasteiger charge is 2.36. The lowest BCUT2D eigenvalue weighted by Crippen LogP contribution is -2.27. The molecule has 0 spiro atoms. The molecule has 1 saturated heterocycles. The topological polar surface area (TPSA) is 123 Å². The Morgan fingerprint density at radius 3 is 2.38 bits per heavy atom. The number of esters is 1. The first-order chi connectivity index (χ1) is 17.7. The smallest absolute Gasteiger partial charge is 0.373 e. The Hall–Kier alpha value is -3.73. The van der Waals surface area contributed by atoms with E-state index in [1.54, 1.807) is 24.3 Å². The van der Waals surface area contributed by atoms with Gasteiger partial charge in [0.05, 0.1) is 34.2 Å². The van der Waals surface area contributed by atoms with Crippen LogP contribution in [-0.2, 0) is 22.7 Å². The number of carbonyl (C=O) groups is 4. The van der Waals surface area contributed by atoms with E-state index in [1.165, 1.54) is 37.5 Å². The Kier molecular flexibility index (Phi) is 7.91. The molecule has 1 N–H and O–H groups in total. The number of ether oxygens (including phenoxy) is 2. The third-order valence-corrected chi connectivity index (χ3v) is 6.61. The molecule has 4 rings (SSSR count). The number of hydrogen-bond donors (Lipinski definition) is 1. The lowest BCUT2D eigenvalue weighted by atomic mass is 10.1. The van der Waals surface area contributed by atoms with Gasteiger partial charge in [0, 0.05) is 0 Å². The summed E-state index contributed by atoms with van der Waals surface area (Å²) in [5.74, 6) is -1.81. The first-order valence-corrected chi connectivity index (χ1v) is 12.1. The van der Waals surface area contributed by atoms with Crippen LogP contribution in [0.15, 0.2) is 57.9 Å². The van der Waals surface area contributed by atoms with Gasteiger partial charge in [-0.1, -0.05) is 35.3 Å². The molecule has 0 radical (unpaired) electrons. The van der Waals surface area contributed by atoms with Crippen LogP contribution < -0.4 is 4.74 Å². The van der Waals surface area contributed by atoms with Crippen molar-refractivity contribution in [2.24, 2.45) is 0 Å². The third kappa shape index (κ3) is 5.99. The Morgan fingerprint density at radius 1 is 1.08 bits per heavy atom. The zero-order valence-corrected chi connectivity index (χ0v) is 21.4. The number of furan rings is 1. The summed E-state index contributed by atoms with van der Waals surface area (Å²) in [7, 11) is 1.21. The van der Waals surface area contributed by atoms with Crippen LogP contribution in [0.3, 0.4) is 0 Å². The number of amides is 2. The van der Waals surface area contributed by atoms with Crippen molar-refractivity contribution in [2.45, 2.75) is 13.2 Å². The van der Waals surface area contributed by atoms with E-state index in [0.717, 1.165) is 16.7 Å². The second-order valence-electron chi connectivity index (χ2n) is 7.63. The summed E-state index contributed by atoms with van der Waals surface area (Å²) < 4.78 is 15.6. The Morgan fingerprint density at radius 2 is 1.76 bits per heavy atom. The number of halogens is 2. The van der Waals surface area contributed by atoms with E-state index in [-0.39, 0.29) is 50.9 Å². The van der Waals surface area contributed by atoms with Gasteiger partial charge in [-0.15, -0.1) is 0 Å². The number of hydrogen-bond acceptors (Lipinski definition) is 8. The second-order valence-corrected chi connectivity index (χ2v) is 9.44. The summed E-state index contributed by atoms with van der Waals surface area (Å²) in [6, 6.07) is 12.1. The van der Waals surface area contributed by atoms with Crippen molar-refractivity contribution in [3.63, 3.8) is 0 Å². The van der Waals surface area contributed by atoms with Gasteiger partial charge >= 0.3 is 11.9 Å². The number of aromatic carboxylic acids is 1. The maximum Gasteiger partial charge on any atom is 0.373 e. The Balaban J connectivity index is 1.45. The standard InChI is InChI=1S/C25H17Cl2NO8S/c1-34-24(32)19-7-6-16(36-19)11-28-22(29)20(37-25(28)33)10-14-8-17(26)21(18(27)9-14)35-12-13-2-4-15(5-3-13)23(30)31/h2-10H,11-12H2,1H3,(H,30,31)/b20-10+. The van der Waals surface area contributed by atoms with Gasteiger partial charge in [-0.3, -0.25) is 14.5 Å². The molecule has 1 fully saturated rings. The van der Waals surface area contributed by atoms with Crippen molar-refractivity contribution in [1.82, 2.24) is 4.90 Å². The van der Waals surface area contributed by atoms with Gasteiger partial charge in [0.25, 0.3) is 11.1 Å². The van der Waals surface area contributed by atoms with Crippen molar-refractivity contribution in [1.29, 1.82) is 0 Å². The monoisotopic (exact) mass is 561 g/mol. The minimum absolute atomic E-state index is 0.0381. The molecule has 2 amide bonds. The van der Waals surface area contributed by atoms with Crippen molar-refractivity contribution < 1.29 is 38.2 Å². The zero-order chi connectivity index (χ0) is 26.7. The molecule has 0 aliphatic carbocycles. The maximum absolute atomic E-state index is 12.8. The zero-order valence-electron chi connectivity index (χ0n) is 19.0. The van der Waals surface area contributed by atoms with Gasteiger partial charge < -0.3 is 19.0 Å². The number of methoxy groups -OCH3 is 1. The summed E-state index contributed by atoms with van der Waals surface area (Å²) in [5.41, 5.74) is 1.35. The molecule has 9 nitrogen and oxygen atoms in total. The van der Waals surface area contributed by atoms with Crippen LogP contribution >= 0.6 is 35.0 Å². The number of nitrogens with zero attached hydrogens (tertiary/aromatic N) is 1. The van der Waals surface area contributed by atoms with E-state index in [9.17, 15) is 19.2 Å². The number of carbonyl (C=O) groups excluding carboxylic acids is 3. The van der Waals surface area contributed by atoms with Gasteiger partial charge in [0.15, 0.2) is 5.75 Å². The van der Waals surface area contributed by atoms with E-state index in [4.69, 9.17) is 37.5 Å². The normalized spacial score (nSPS) is 14.4. The number of carboxylic acids is 1. The Labute approximate surface area is 224 Å². The van der Waals surface area contributed by atoms with Crippen molar-refractivity contribution in [3.8, 4) is 5.75 Å². The summed E-state index contributed by atoms with van der Waals surface area (Å²) in [5, 5.41) is 8.86. The van der Waals surface area contributed by atoms with Crippen LogP contribution in [0.2, 0.25) is 10.0 Å². The average Bonchev–Trinajstić information content (AvgIpc) is 3.43. The van der Waals surface area contributed by atoms with Gasteiger partial charge in [-0.05, 0) is 65.4 Å². The fraction of sp³-hybridized carbons (Fsp3) is 0.120. The van der Waals surface area contributed by atoms with E-state index in [0.29, 0.717) is 11.1 Å². The number of benzene rings is 2. The summed E-state index contributed by atoms with van der Waals surface area (Å²) in [4.78, 5) is 49.0. The highest BCUT2D eigenvalue weighted by Crippen LogP contribution is 2.38. The average molecular weight is 562 g/mol. The molecule has 190 valence electrons. The number of rotatable bonds is 8. The van der Waals surface area contributed by atoms with E-state index < -0.39 is 23.1 Å². The highest BCUT2D eigenvalue weighted by atomic mass is 35.5. The van der Waals surface area contributed by atoms with E-state index in [2.05, 4.69) is 4.74 Å². The first kappa shape index (κ1) is 26.3. The number of imide groups is 1. The molecule has 3 aromatic rings. The predicted octanol–water partition coefficient (Wildman–Crippen LogP) is 5.89. The lowest BCUT2D eigenvalue weighted by molar-refractivity contribution is -0.123. The number of thioether (sulfide) groups is 1. The van der Waals surface area contributed by atoms with E-state index >= 15 is 0 Å². The molecule has 1 aliphatic rings. The molecule has 1 aromatic heterocycles. The molecule has 2 aromatic carbocycles. The molecule has 2 heterocycles. The second kappa shape index (κ2) is 11.1. The van der Waals surface area contributed by atoms with Crippen molar-refractivity contribution in [3.05, 3.63) is 91.7 Å². The van der Waals surface area contributed by atoms with Crippen LogP contribution in [0.25, 0.3) is 6.08 Å².